The van der Waals surface area contributed by atoms with Crippen molar-refractivity contribution in [1.29, 1.82) is 0 Å². The minimum absolute atomic E-state index is 0.429. The fraction of sp³-hybridized carbons (Fsp3) is 0.500. The Kier molecular flexibility index (Phi) is 2.97. The molecule has 0 saturated heterocycles. The summed E-state index contributed by atoms with van der Waals surface area (Å²) < 4.78 is 5.75. The van der Waals surface area contributed by atoms with Gasteiger partial charge >= 0.3 is 0 Å². The van der Waals surface area contributed by atoms with E-state index in [4.69, 9.17) is 16.3 Å². The molecule has 0 radical (unpaired) electrons. The van der Waals surface area contributed by atoms with Gasteiger partial charge in [0.2, 0.25) is 0 Å². The van der Waals surface area contributed by atoms with Crippen molar-refractivity contribution < 1.29 is 4.74 Å². The molecule has 0 unspecified atom stereocenters. The first kappa shape index (κ1) is 9.85. The third-order valence-corrected chi connectivity index (χ3v) is 3.11. The van der Waals surface area contributed by atoms with E-state index in [0.717, 1.165) is 17.2 Å². The standard InChI is InChI=1S/C12H15ClO/c1-2-9-6-7-11(8-12(9)13)14-10-4-3-5-10/h6-8,10H,2-5H2,1H3. The van der Waals surface area contributed by atoms with E-state index in [0.29, 0.717) is 6.10 Å². The fourth-order valence-corrected chi connectivity index (χ4v) is 1.87. The predicted octanol–water partition coefficient (Wildman–Crippen LogP) is 3.83. The van der Waals surface area contributed by atoms with Crippen LogP contribution in [-0.4, -0.2) is 6.10 Å². The number of rotatable bonds is 3. The summed E-state index contributed by atoms with van der Waals surface area (Å²) in [7, 11) is 0. The molecule has 0 spiro atoms. The van der Waals surface area contributed by atoms with Gasteiger partial charge in [-0.1, -0.05) is 24.6 Å². The Morgan fingerprint density at radius 3 is 2.71 bits per heavy atom. The zero-order valence-electron chi connectivity index (χ0n) is 8.42. The molecule has 0 atom stereocenters. The van der Waals surface area contributed by atoms with Crippen LogP contribution in [0.5, 0.6) is 5.75 Å². The molecule has 1 fully saturated rings. The van der Waals surface area contributed by atoms with Crippen LogP contribution in [0.15, 0.2) is 18.2 Å². The van der Waals surface area contributed by atoms with Gasteiger partial charge < -0.3 is 4.74 Å². The van der Waals surface area contributed by atoms with Crippen molar-refractivity contribution in [2.45, 2.75) is 38.7 Å². The second-order valence-corrected chi connectivity index (χ2v) is 4.18. The van der Waals surface area contributed by atoms with E-state index < -0.39 is 0 Å². The number of aryl methyl sites for hydroxylation is 1. The molecule has 1 aliphatic carbocycles. The Balaban J connectivity index is 2.07. The first-order valence-electron chi connectivity index (χ1n) is 5.24. The molecule has 2 rings (SSSR count). The number of hydrogen-bond acceptors (Lipinski definition) is 1. The van der Waals surface area contributed by atoms with Crippen LogP contribution in [0, 0.1) is 0 Å². The van der Waals surface area contributed by atoms with Crippen LogP contribution in [0.4, 0.5) is 0 Å². The molecule has 0 aliphatic heterocycles. The van der Waals surface area contributed by atoms with Crippen molar-refractivity contribution in [2.24, 2.45) is 0 Å². The predicted molar refractivity (Wildman–Crippen MR) is 59.1 cm³/mol. The van der Waals surface area contributed by atoms with Crippen LogP contribution in [0.3, 0.4) is 0 Å². The Morgan fingerprint density at radius 1 is 1.43 bits per heavy atom. The first-order chi connectivity index (χ1) is 6.79. The van der Waals surface area contributed by atoms with Gasteiger partial charge in [0.1, 0.15) is 5.75 Å². The smallest absolute Gasteiger partial charge is 0.121 e. The van der Waals surface area contributed by atoms with Crippen LogP contribution in [-0.2, 0) is 6.42 Å². The van der Waals surface area contributed by atoms with E-state index in [9.17, 15) is 0 Å². The molecule has 0 aromatic heterocycles. The third kappa shape index (κ3) is 2.03. The minimum Gasteiger partial charge on any atom is -0.490 e. The molecule has 0 N–H and O–H groups in total. The van der Waals surface area contributed by atoms with Gasteiger partial charge in [-0.2, -0.15) is 0 Å². The maximum atomic E-state index is 6.09. The molecule has 14 heavy (non-hydrogen) atoms. The maximum Gasteiger partial charge on any atom is 0.121 e. The van der Waals surface area contributed by atoms with E-state index in [1.54, 1.807) is 0 Å². The van der Waals surface area contributed by atoms with Crippen LogP contribution < -0.4 is 4.74 Å². The molecule has 1 aliphatic rings. The average molecular weight is 211 g/mol. The number of halogens is 1. The van der Waals surface area contributed by atoms with Gasteiger partial charge in [-0.25, -0.2) is 0 Å². The normalized spacial score (nSPS) is 16.4. The molecule has 0 heterocycles. The third-order valence-electron chi connectivity index (χ3n) is 2.76. The average Bonchev–Trinajstić information content (AvgIpc) is 2.12. The second kappa shape index (κ2) is 4.22. The summed E-state index contributed by atoms with van der Waals surface area (Å²) in [5.74, 6) is 0.914. The molecule has 0 bridgehead atoms. The van der Waals surface area contributed by atoms with Gasteiger partial charge in [0.25, 0.3) is 0 Å². The van der Waals surface area contributed by atoms with Crippen LogP contribution in [0.25, 0.3) is 0 Å². The van der Waals surface area contributed by atoms with Gasteiger partial charge in [0.05, 0.1) is 6.10 Å². The summed E-state index contributed by atoms with van der Waals surface area (Å²) in [6, 6.07) is 6.00. The lowest BCUT2D eigenvalue weighted by atomic mass is 9.96. The summed E-state index contributed by atoms with van der Waals surface area (Å²) in [6.45, 7) is 2.10. The van der Waals surface area contributed by atoms with Crippen LogP contribution in [0.2, 0.25) is 5.02 Å². The summed E-state index contributed by atoms with van der Waals surface area (Å²) in [5, 5.41) is 0.823. The number of ether oxygens (including phenoxy) is 1. The molecular formula is C12H15ClO. The highest BCUT2D eigenvalue weighted by Gasteiger charge is 2.19. The van der Waals surface area contributed by atoms with Crippen molar-refractivity contribution in [2.75, 3.05) is 0 Å². The van der Waals surface area contributed by atoms with Crippen molar-refractivity contribution in [3.05, 3.63) is 28.8 Å². The highest BCUT2D eigenvalue weighted by molar-refractivity contribution is 6.31. The fourth-order valence-electron chi connectivity index (χ4n) is 1.57. The topological polar surface area (TPSA) is 9.23 Å². The zero-order chi connectivity index (χ0) is 9.97. The van der Waals surface area contributed by atoms with Gasteiger partial charge in [-0.15, -0.1) is 0 Å². The monoisotopic (exact) mass is 210 g/mol. The maximum absolute atomic E-state index is 6.09. The van der Waals surface area contributed by atoms with E-state index in [2.05, 4.69) is 13.0 Å². The molecule has 1 aromatic carbocycles. The Labute approximate surface area is 90.0 Å². The quantitative estimate of drug-likeness (QED) is 0.737. The van der Waals surface area contributed by atoms with Crippen LogP contribution >= 0.6 is 11.6 Å². The second-order valence-electron chi connectivity index (χ2n) is 3.78. The lowest BCUT2D eigenvalue weighted by molar-refractivity contribution is 0.120. The number of hydrogen-bond donors (Lipinski definition) is 0. The molecule has 1 aromatic rings. The molecule has 1 nitrogen and oxygen atoms in total. The lowest BCUT2D eigenvalue weighted by Crippen LogP contribution is -2.24. The molecule has 76 valence electrons. The van der Waals surface area contributed by atoms with Gasteiger partial charge in [0, 0.05) is 5.02 Å². The van der Waals surface area contributed by atoms with Gasteiger partial charge in [0.15, 0.2) is 0 Å². The van der Waals surface area contributed by atoms with Crippen molar-refractivity contribution in [3.8, 4) is 5.75 Å². The summed E-state index contributed by atoms with van der Waals surface area (Å²) >= 11 is 6.09. The van der Waals surface area contributed by atoms with Crippen molar-refractivity contribution >= 4 is 11.6 Å². The Hall–Kier alpha value is -0.690. The SMILES string of the molecule is CCc1ccc(OC2CCC2)cc1Cl. The van der Waals surface area contributed by atoms with E-state index >= 15 is 0 Å². The first-order valence-corrected chi connectivity index (χ1v) is 5.62. The van der Waals surface area contributed by atoms with Gasteiger partial charge in [-0.05, 0) is 43.4 Å². The summed E-state index contributed by atoms with van der Waals surface area (Å²) in [4.78, 5) is 0. The Bertz CT molecular complexity index is 318. The summed E-state index contributed by atoms with van der Waals surface area (Å²) in [5.41, 5.74) is 1.19. The van der Waals surface area contributed by atoms with E-state index in [-0.39, 0.29) is 0 Å². The Morgan fingerprint density at radius 2 is 2.21 bits per heavy atom. The summed E-state index contributed by atoms with van der Waals surface area (Å²) in [6.07, 6.45) is 5.08. The largest absolute Gasteiger partial charge is 0.490 e. The zero-order valence-corrected chi connectivity index (χ0v) is 9.18. The van der Waals surface area contributed by atoms with Crippen LogP contribution in [0.1, 0.15) is 31.7 Å². The molecule has 0 amide bonds. The number of benzene rings is 1. The highest BCUT2D eigenvalue weighted by Crippen LogP contribution is 2.28. The highest BCUT2D eigenvalue weighted by atomic mass is 35.5. The molecule has 2 heteroatoms. The van der Waals surface area contributed by atoms with E-state index in [1.807, 2.05) is 12.1 Å². The minimum atomic E-state index is 0.429. The lowest BCUT2D eigenvalue weighted by Gasteiger charge is -2.26. The molecule has 1 saturated carbocycles. The van der Waals surface area contributed by atoms with Crippen molar-refractivity contribution in [3.63, 3.8) is 0 Å². The van der Waals surface area contributed by atoms with E-state index in [1.165, 1.54) is 24.8 Å². The molecular weight excluding hydrogens is 196 g/mol. The van der Waals surface area contributed by atoms with Gasteiger partial charge in [-0.3, -0.25) is 0 Å². The van der Waals surface area contributed by atoms with Crippen molar-refractivity contribution in [1.82, 2.24) is 0 Å².